The van der Waals surface area contributed by atoms with Gasteiger partial charge in [0.1, 0.15) is 11.8 Å². The molecule has 2 amide bonds. The third-order valence-corrected chi connectivity index (χ3v) is 4.66. The molecule has 1 heterocycles. The van der Waals surface area contributed by atoms with Gasteiger partial charge in [0.2, 0.25) is 5.91 Å². The molecule has 2 aromatic rings. The number of amides is 2. The van der Waals surface area contributed by atoms with Crippen molar-refractivity contribution in [2.75, 3.05) is 18.1 Å². The molecule has 3 rings (SSSR count). The van der Waals surface area contributed by atoms with Gasteiger partial charge in [-0.15, -0.1) is 0 Å². The second kappa shape index (κ2) is 8.25. The number of nitrogens with one attached hydrogen (secondary N) is 1. The normalized spacial score (nSPS) is 15.8. The molecule has 0 radical (unpaired) electrons. The largest absolute Gasteiger partial charge is 0.494 e. The molecule has 0 saturated heterocycles. The summed E-state index contributed by atoms with van der Waals surface area (Å²) in [5.74, 6) is 0.940. The van der Waals surface area contributed by atoms with Crippen LogP contribution in [0.3, 0.4) is 0 Å². The quantitative estimate of drug-likeness (QED) is 0.807. The predicted molar refractivity (Wildman–Crippen MR) is 106 cm³/mol. The Morgan fingerprint density at radius 2 is 1.85 bits per heavy atom. The van der Waals surface area contributed by atoms with E-state index in [-0.39, 0.29) is 11.8 Å². The van der Waals surface area contributed by atoms with E-state index < -0.39 is 6.04 Å². The van der Waals surface area contributed by atoms with Crippen molar-refractivity contribution in [2.45, 2.75) is 33.2 Å². The zero-order chi connectivity index (χ0) is 19.4. The van der Waals surface area contributed by atoms with Crippen molar-refractivity contribution in [3.05, 3.63) is 59.7 Å². The summed E-state index contributed by atoms with van der Waals surface area (Å²) in [6, 6.07) is 14.0. The average Bonchev–Trinajstić information content (AvgIpc) is 2.95. The zero-order valence-electron chi connectivity index (χ0n) is 16.1. The van der Waals surface area contributed by atoms with Crippen LogP contribution in [0.15, 0.2) is 48.5 Å². The Labute approximate surface area is 160 Å². The van der Waals surface area contributed by atoms with Gasteiger partial charge in [0.05, 0.1) is 6.61 Å². The summed E-state index contributed by atoms with van der Waals surface area (Å²) < 4.78 is 5.48. The summed E-state index contributed by atoms with van der Waals surface area (Å²) in [6.45, 7) is 7.33. The summed E-state index contributed by atoms with van der Waals surface area (Å²) in [4.78, 5) is 27.6. The number of fused-ring (bicyclic) bond motifs is 1. The van der Waals surface area contributed by atoms with Crippen LogP contribution < -0.4 is 15.0 Å². The number of anilines is 1. The molecule has 5 heteroatoms. The summed E-state index contributed by atoms with van der Waals surface area (Å²) in [5, 5.41) is 2.99. The van der Waals surface area contributed by atoms with E-state index in [4.69, 9.17) is 4.74 Å². The molecule has 142 valence electrons. The lowest BCUT2D eigenvalue weighted by Gasteiger charge is -2.25. The number of nitrogens with zero attached hydrogens (tertiary/aromatic N) is 1. The van der Waals surface area contributed by atoms with Crippen LogP contribution >= 0.6 is 0 Å². The van der Waals surface area contributed by atoms with Crippen LogP contribution in [-0.4, -0.2) is 25.0 Å². The van der Waals surface area contributed by atoms with Crippen LogP contribution in [-0.2, 0) is 4.79 Å². The van der Waals surface area contributed by atoms with Gasteiger partial charge in [0.15, 0.2) is 0 Å². The van der Waals surface area contributed by atoms with Crippen molar-refractivity contribution in [3.8, 4) is 5.75 Å². The third kappa shape index (κ3) is 3.97. The third-order valence-electron chi connectivity index (χ3n) is 4.66. The van der Waals surface area contributed by atoms with E-state index in [0.717, 1.165) is 17.7 Å². The van der Waals surface area contributed by atoms with E-state index in [1.54, 1.807) is 11.0 Å². The van der Waals surface area contributed by atoms with Gasteiger partial charge in [-0.05, 0) is 55.2 Å². The Morgan fingerprint density at radius 3 is 2.52 bits per heavy atom. The van der Waals surface area contributed by atoms with Crippen LogP contribution in [0.25, 0.3) is 0 Å². The fourth-order valence-corrected chi connectivity index (χ4v) is 3.29. The molecule has 27 heavy (non-hydrogen) atoms. The molecule has 1 N–H and O–H groups in total. The fraction of sp³-hybridized carbons (Fsp3) is 0.364. The molecule has 0 bridgehead atoms. The highest BCUT2D eigenvalue weighted by Crippen LogP contribution is 2.38. The SMILES string of the molecule is CCOc1ccc(N2C(=O)c3ccccc3[C@H]2C(=O)NCCC(C)C)cc1. The Balaban J connectivity index is 1.90. The smallest absolute Gasteiger partial charge is 0.259 e. The number of hydrogen-bond donors (Lipinski definition) is 1. The van der Waals surface area contributed by atoms with E-state index in [1.807, 2.05) is 49.4 Å². The average molecular weight is 366 g/mol. The molecule has 0 saturated carbocycles. The zero-order valence-corrected chi connectivity index (χ0v) is 16.1. The lowest BCUT2D eigenvalue weighted by molar-refractivity contribution is -0.122. The van der Waals surface area contributed by atoms with Gasteiger partial charge in [-0.2, -0.15) is 0 Å². The highest BCUT2D eigenvalue weighted by Gasteiger charge is 2.41. The minimum atomic E-state index is -0.654. The van der Waals surface area contributed by atoms with Gasteiger partial charge in [-0.25, -0.2) is 0 Å². The molecule has 1 atom stereocenters. The summed E-state index contributed by atoms with van der Waals surface area (Å²) in [7, 11) is 0. The first kappa shape index (κ1) is 19.0. The molecule has 2 aromatic carbocycles. The molecule has 1 aliphatic heterocycles. The highest BCUT2D eigenvalue weighted by atomic mass is 16.5. The highest BCUT2D eigenvalue weighted by molar-refractivity contribution is 6.15. The lowest BCUT2D eigenvalue weighted by Crippen LogP contribution is -2.39. The minimum absolute atomic E-state index is 0.150. The molecule has 0 unspecified atom stereocenters. The first-order valence-electron chi connectivity index (χ1n) is 9.46. The lowest BCUT2D eigenvalue weighted by atomic mass is 10.0. The van der Waals surface area contributed by atoms with Crippen molar-refractivity contribution < 1.29 is 14.3 Å². The Morgan fingerprint density at radius 1 is 1.15 bits per heavy atom. The molecule has 1 aliphatic rings. The second-order valence-corrected chi connectivity index (χ2v) is 7.07. The standard InChI is InChI=1S/C22H26N2O3/c1-4-27-17-11-9-16(10-12-17)24-20(21(25)23-14-13-15(2)3)18-7-5-6-8-19(18)22(24)26/h5-12,15,20H,4,13-14H2,1-3H3,(H,23,25)/t20-/m0/s1. The van der Waals surface area contributed by atoms with E-state index in [0.29, 0.717) is 30.3 Å². The van der Waals surface area contributed by atoms with E-state index in [1.165, 1.54) is 0 Å². The van der Waals surface area contributed by atoms with E-state index in [2.05, 4.69) is 19.2 Å². The first-order chi connectivity index (χ1) is 13.0. The molecule has 0 spiro atoms. The number of benzene rings is 2. The Bertz CT molecular complexity index is 815. The maximum atomic E-state index is 13.0. The molecule has 0 aliphatic carbocycles. The maximum Gasteiger partial charge on any atom is 0.259 e. The number of carbonyl (C=O) groups is 2. The van der Waals surface area contributed by atoms with E-state index in [9.17, 15) is 9.59 Å². The van der Waals surface area contributed by atoms with Crippen molar-refractivity contribution in [2.24, 2.45) is 5.92 Å². The van der Waals surface area contributed by atoms with Gasteiger partial charge < -0.3 is 10.1 Å². The second-order valence-electron chi connectivity index (χ2n) is 7.07. The summed E-state index contributed by atoms with van der Waals surface area (Å²) >= 11 is 0. The molecule has 0 fully saturated rings. The monoisotopic (exact) mass is 366 g/mol. The van der Waals surface area contributed by atoms with Crippen molar-refractivity contribution in [3.63, 3.8) is 0 Å². The summed E-state index contributed by atoms with van der Waals surface area (Å²) in [5.41, 5.74) is 2.01. The fourth-order valence-electron chi connectivity index (χ4n) is 3.29. The maximum absolute atomic E-state index is 13.0. The molecule has 5 nitrogen and oxygen atoms in total. The minimum Gasteiger partial charge on any atom is -0.494 e. The Hall–Kier alpha value is -2.82. The van der Waals surface area contributed by atoms with Crippen molar-refractivity contribution in [1.29, 1.82) is 0 Å². The number of rotatable bonds is 7. The number of ether oxygens (including phenoxy) is 1. The molecule has 0 aromatic heterocycles. The Kier molecular flexibility index (Phi) is 5.79. The van der Waals surface area contributed by atoms with Crippen LogP contribution in [0.2, 0.25) is 0 Å². The summed E-state index contributed by atoms with van der Waals surface area (Å²) in [6.07, 6.45) is 0.900. The predicted octanol–water partition coefficient (Wildman–Crippen LogP) is 3.95. The van der Waals surface area contributed by atoms with Crippen LogP contribution in [0.4, 0.5) is 5.69 Å². The first-order valence-corrected chi connectivity index (χ1v) is 9.46. The molecular formula is C22H26N2O3. The van der Waals surface area contributed by atoms with Crippen LogP contribution in [0.5, 0.6) is 5.75 Å². The van der Waals surface area contributed by atoms with Gasteiger partial charge in [-0.3, -0.25) is 14.5 Å². The van der Waals surface area contributed by atoms with E-state index >= 15 is 0 Å². The van der Waals surface area contributed by atoms with Crippen LogP contribution in [0.1, 0.15) is 49.2 Å². The topological polar surface area (TPSA) is 58.6 Å². The van der Waals surface area contributed by atoms with Crippen molar-refractivity contribution >= 4 is 17.5 Å². The number of carbonyl (C=O) groups excluding carboxylic acids is 2. The van der Waals surface area contributed by atoms with Gasteiger partial charge in [0.25, 0.3) is 5.91 Å². The number of hydrogen-bond acceptors (Lipinski definition) is 3. The van der Waals surface area contributed by atoms with Crippen LogP contribution in [0, 0.1) is 5.92 Å². The molecular weight excluding hydrogens is 340 g/mol. The van der Waals surface area contributed by atoms with Gasteiger partial charge in [0, 0.05) is 17.8 Å². The van der Waals surface area contributed by atoms with Gasteiger partial charge in [-0.1, -0.05) is 32.0 Å². The van der Waals surface area contributed by atoms with Crippen molar-refractivity contribution in [1.82, 2.24) is 5.32 Å². The van der Waals surface area contributed by atoms with Gasteiger partial charge >= 0.3 is 0 Å².